The normalized spacial score (nSPS) is 12.1. The first-order valence-corrected chi connectivity index (χ1v) is 15.1. The molecule has 1 N–H and O–H groups in total. The van der Waals surface area contributed by atoms with E-state index in [-0.39, 0.29) is 17.5 Å². The average molecular weight is 607 g/mol. The number of nitrogens with zero attached hydrogens (tertiary/aromatic N) is 3. The van der Waals surface area contributed by atoms with Gasteiger partial charge in [-0.1, -0.05) is 54.6 Å². The number of hydrogen-bond acceptors (Lipinski definition) is 6. The number of nitrogens with one attached hydrogen (secondary N) is 1. The molecular formula is C35H31FN4O3S. The third-order valence-electron chi connectivity index (χ3n) is 7.73. The standard InChI is InChI=1S/C35H31FN4O3S/c1-22-10-8-13-26(36)32(22)38-34(41)30-20-23-18-19-40(28-15-6-5-12-25(28)33(23)44-30)35(42)27-14-9-17-31(37-27)39(2)21-24-11-4-7-16-29(24)43-3/h4-17,20H,18-19,21H2,1-3H3,(H,38,41). The number of halogens is 1. The summed E-state index contributed by atoms with van der Waals surface area (Å²) in [6.45, 7) is 2.73. The van der Waals surface area contributed by atoms with Crippen LogP contribution in [0.2, 0.25) is 0 Å². The molecule has 0 atom stereocenters. The van der Waals surface area contributed by atoms with Crippen molar-refractivity contribution in [2.45, 2.75) is 19.9 Å². The summed E-state index contributed by atoms with van der Waals surface area (Å²) in [5, 5.41) is 2.74. The lowest BCUT2D eigenvalue weighted by atomic mass is 10.1. The molecule has 5 aromatic rings. The van der Waals surface area contributed by atoms with Crippen molar-refractivity contribution in [2.24, 2.45) is 0 Å². The zero-order chi connectivity index (χ0) is 30.8. The molecule has 0 bridgehead atoms. The van der Waals surface area contributed by atoms with E-state index < -0.39 is 5.82 Å². The van der Waals surface area contributed by atoms with Crippen LogP contribution < -0.4 is 19.9 Å². The highest BCUT2D eigenvalue weighted by atomic mass is 32.1. The highest BCUT2D eigenvalue weighted by molar-refractivity contribution is 7.17. The summed E-state index contributed by atoms with van der Waals surface area (Å²) in [5.41, 5.74) is 4.77. The van der Waals surface area contributed by atoms with Gasteiger partial charge in [-0.05, 0) is 60.9 Å². The Bertz CT molecular complexity index is 1850. The van der Waals surface area contributed by atoms with Crippen LogP contribution in [0.4, 0.5) is 21.6 Å². The second-order valence-corrected chi connectivity index (χ2v) is 11.7. The minimum absolute atomic E-state index is 0.182. The number of rotatable bonds is 7. The van der Waals surface area contributed by atoms with Crippen molar-refractivity contribution in [2.75, 3.05) is 35.8 Å². The zero-order valence-corrected chi connectivity index (χ0v) is 25.5. The Morgan fingerprint density at radius 1 is 1.02 bits per heavy atom. The molecular weight excluding hydrogens is 575 g/mol. The van der Waals surface area contributed by atoms with E-state index in [4.69, 9.17) is 9.72 Å². The number of carbonyl (C=O) groups is 2. The largest absolute Gasteiger partial charge is 0.496 e. The third kappa shape index (κ3) is 5.66. The molecule has 0 spiro atoms. The zero-order valence-electron chi connectivity index (χ0n) is 24.6. The van der Waals surface area contributed by atoms with E-state index in [1.807, 2.05) is 78.7 Å². The van der Waals surface area contributed by atoms with Gasteiger partial charge in [-0.3, -0.25) is 9.59 Å². The summed E-state index contributed by atoms with van der Waals surface area (Å²) in [6.07, 6.45) is 0.547. The first-order chi connectivity index (χ1) is 21.3. The number of para-hydroxylation sites is 3. The van der Waals surface area contributed by atoms with Gasteiger partial charge >= 0.3 is 0 Å². The fourth-order valence-corrected chi connectivity index (χ4v) is 6.59. The van der Waals surface area contributed by atoms with E-state index in [1.165, 1.54) is 17.4 Å². The fourth-order valence-electron chi connectivity index (χ4n) is 5.45. The molecule has 0 unspecified atom stereocenters. The van der Waals surface area contributed by atoms with Crippen LogP contribution in [-0.4, -0.2) is 37.5 Å². The van der Waals surface area contributed by atoms with Crippen LogP contribution in [0, 0.1) is 12.7 Å². The minimum Gasteiger partial charge on any atom is -0.496 e. The quantitative estimate of drug-likeness (QED) is 0.210. The van der Waals surface area contributed by atoms with Crippen LogP contribution in [0.15, 0.2) is 91.0 Å². The number of fused-ring (bicyclic) bond motifs is 3. The number of hydrogen-bond donors (Lipinski definition) is 1. The monoisotopic (exact) mass is 606 g/mol. The number of carbonyl (C=O) groups excluding carboxylic acids is 2. The van der Waals surface area contributed by atoms with Gasteiger partial charge in [-0.15, -0.1) is 11.3 Å². The Kier molecular flexibility index (Phi) is 8.13. The van der Waals surface area contributed by atoms with Gasteiger partial charge in [-0.2, -0.15) is 0 Å². The first-order valence-electron chi connectivity index (χ1n) is 14.2. The van der Waals surface area contributed by atoms with Crippen molar-refractivity contribution >= 4 is 40.3 Å². The molecule has 1 aliphatic heterocycles. The molecule has 1 aliphatic rings. The predicted octanol–water partition coefficient (Wildman–Crippen LogP) is 7.36. The van der Waals surface area contributed by atoms with Crippen LogP contribution in [0.3, 0.4) is 0 Å². The van der Waals surface area contributed by atoms with E-state index >= 15 is 0 Å². The van der Waals surface area contributed by atoms with Crippen molar-refractivity contribution in [1.29, 1.82) is 0 Å². The highest BCUT2D eigenvalue weighted by Gasteiger charge is 2.28. The predicted molar refractivity (Wildman–Crippen MR) is 174 cm³/mol. The van der Waals surface area contributed by atoms with Crippen LogP contribution in [0.5, 0.6) is 5.75 Å². The molecule has 0 radical (unpaired) electrons. The van der Waals surface area contributed by atoms with E-state index in [0.29, 0.717) is 41.5 Å². The molecule has 0 fully saturated rings. The molecule has 0 saturated heterocycles. The number of pyridine rings is 1. The summed E-state index contributed by atoms with van der Waals surface area (Å²) in [7, 11) is 3.58. The van der Waals surface area contributed by atoms with Gasteiger partial charge in [0.1, 0.15) is 23.1 Å². The van der Waals surface area contributed by atoms with Crippen molar-refractivity contribution in [3.63, 3.8) is 0 Å². The van der Waals surface area contributed by atoms with Gasteiger partial charge in [-0.25, -0.2) is 9.37 Å². The van der Waals surface area contributed by atoms with Gasteiger partial charge in [0.05, 0.1) is 23.4 Å². The highest BCUT2D eigenvalue weighted by Crippen LogP contribution is 2.42. The van der Waals surface area contributed by atoms with Gasteiger partial charge < -0.3 is 19.9 Å². The van der Waals surface area contributed by atoms with E-state index in [2.05, 4.69) is 5.32 Å². The SMILES string of the molecule is COc1ccccc1CN(C)c1cccc(C(=O)N2CCc3cc(C(=O)Nc4c(C)cccc4F)sc3-c3ccccc32)n1. The Hall–Kier alpha value is -5.02. The van der Waals surface area contributed by atoms with E-state index in [9.17, 15) is 14.0 Å². The number of methoxy groups -OCH3 is 1. The van der Waals surface area contributed by atoms with Crippen molar-refractivity contribution < 1.29 is 18.7 Å². The van der Waals surface area contributed by atoms with Crippen LogP contribution >= 0.6 is 11.3 Å². The van der Waals surface area contributed by atoms with Crippen molar-refractivity contribution in [3.8, 4) is 16.2 Å². The maximum atomic E-state index is 14.4. The molecule has 3 aromatic carbocycles. The fraction of sp³-hybridized carbons (Fsp3) is 0.171. The molecule has 222 valence electrons. The summed E-state index contributed by atoms with van der Waals surface area (Å²) in [6, 6.07) is 27.5. The van der Waals surface area contributed by atoms with Crippen LogP contribution in [-0.2, 0) is 13.0 Å². The Labute approximate surface area is 259 Å². The molecule has 2 amide bonds. The summed E-state index contributed by atoms with van der Waals surface area (Å²) >= 11 is 1.35. The van der Waals surface area contributed by atoms with Gasteiger partial charge in [0.15, 0.2) is 0 Å². The molecule has 44 heavy (non-hydrogen) atoms. The third-order valence-corrected chi connectivity index (χ3v) is 8.94. The second-order valence-electron chi connectivity index (χ2n) is 10.6. The maximum Gasteiger partial charge on any atom is 0.276 e. The molecule has 0 aliphatic carbocycles. The first kappa shape index (κ1) is 29.1. The summed E-state index contributed by atoms with van der Waals surface area (Å²) in [4.78, 5) is 37.1. The lowest BCUT2D eigenvalue weighted by molar-refractivity contribution is 0.0981. The Morgan fingerprint density at radius 3 is 2.61 bits per heavy atom. The Morgan fingerprint density at radius 2 is 1.80 bits per heavy atom. The van der Waals surface area contributed by atoms with Crippen molar-refractivity contribution in [1.82, 2.24) is 4.98 Å². The molecule has 2 aromatic heterocycles. The molecule has 9 heteroatoms. The number of amides is 2. The summed E-state index contributed by atoms with van der Waals surface area (Å²) in [5.74, 6) is 0.431. The topological polar surface area (TPSA) is 74.8 Å². The van der Waals surface area contributed by atoms with Gasteiger partial charge in [0, 0.05) is 36.1 Å². The number of aromatic nitrogens is 1. The van der Waals surface area contributed by atoms with E-state index in [1.54, 1.807) is 37.1 Å². The number of thiophene rings is 1. The number of benzene rings is 3. The van der Waals surface area contributed by atoms with Crippen LogP contribution in [0.25, 0.3) is 10.4 Å². The molecule has 0 saturated carbocycles. The summed E-state index contributed by atoms with van der Waals surface area (Å²) < 4.78 is 19.9. The second kappa shape index (κ2) is 12.3. The average Bonchev–Trinajstić information content (AvgIpc) is 3.41. The molecule has 7 nitrogen and oxygen atoms in total. The van der Waals surface area contributed by atoms with Crippen molar-refractivity contribution in [3.05, 3.63) is 124 Å². The lowest BCUT2D eigenvalue weighted by Crippen LogP contribution is -2.33. The number of anilines is 3. The van der Waals surface area contributed by atoms with Gasteiger partial charge in [0.2, 0.25) is 0 Å². The van der Waals surface area contributed by atoms with Gasteiger partial charge in [0.25, 0.3) is 11.8 Å². The minimum atomic E-state index is -0.473. The molecule has 3 heterocycles. The number of ether oxygens (including phenoxy) is 1. The maximum absolute atomic E-state index is 14.4. The smallest absolute Gasteiger partial charge is 0.276 e. The number of aryl methyl sites for hydroxylation is 1. The lowest BCUT2D eigenvalue weighted by Gasteiger charge is -2.24. The van der Waals surface area contributed by atoms with E-state index in [0.717, 1.165) is 33.0 Å². The van der Waals surface area contributed by atoms with Crippen LogP contribution in [0.1, 0.15) is 36.9 Å². The Balaban J connectivity index is 1.26. The molecule has 6 rings (SSSR count).